The van der Waals surface area contributed by atoms with E-state index in [4.69, 9.17) is 5.84 Å². The Morgan fingerprint density at radius 3 is 2.91 bits per heavy atom. The summed E-state index contributed by atoms with van der Waals surface area (Å²) in [4.78, 5) is 5.89. The lowest BCUT2D eigenvalue weighted by atomic mass is 10.3. The van der Waals surface area contributed by atoms with Crippen LogP contribution in [0.15, 0.2) is 4.99 Å². The molecule has 0 aromatic heterocycles. The summed E-state index contributed by atoms with van der Waals surface area (Å²) in [5, 5.41) is 9.23. The number of aliphatic imine (C=N–C) groups is 1. The molecule has 0 fully saturated rings. The molecule has 0 spiro atoms. The van der Waals surface area contributed by atoms with Gasteiger partial charge >= 0.3 is 0 Å². The van der Waals surface area contributed by atoms with Gasteiger partial charge in [-0.3, -0.25) is 10.8 Å². The van der Waals surface area contributed by atoms with Gasteiger partial charge in [-0.25, -0.2) is 5.43 Å². The first-order chi connectivity index (χ1) is 5.25. The Hall–Kier alpha value is -0.650. The van der Waals surface area contributed by atoms with Crippen molar-refractivity contribution < 1.29 is 5.11 Å². The fourth-order valence-corrected chi connectivity index (χ4v) is 1.12. The van der Waals surface area contributed by atoms with Crippen molar-refractivity contribution >= 4 is 6.34 Å². The number of aliphatic hydroxyl groups excluding tert-OH is 1. The number of hydrogen-bond acceptors (Lipinski definition) is 5. The molecule has 4 N–H and O–H groups in total. The minimum absolute atomic E-state index is 0.221. The standard InChI is InChI=1S/C6H14N4O/c1-5(11)6(9-7)10-3-2-8-4-10/h4-6,9,11H,2-3,7H2,1H3. The van der Waals surface area contributed by atoms with Crippen LogP contribution in [0, 0.1) is 0 Å². The number of hydrazine groups is 1. The van der Waals surface area contributed by atoms with Crippen LogP contribution < -0.4 is 11.3 Å². The average molecular weight is 158 g/mol. The van der Waals surface area contributed by atoms with Crippen LogP contribution in [0.1, 0.15) is 6.92 Å². The topological polar surface area (TPSA) is 73.9 Å². The maximum atomic E-state index is 9.23. The van der Waals surface area contributed by atoms with Crippen LogP contribution in [-0.4, -0.2) is 41.7 Å². The molecule has 1 aliphatic rings. The molecular formula is C6H14N4O. The Balaban J connectivity index is 2.47. The fraction of sp³-hybridized carbons (Fsp3) is 0.833. The highest BCUT2D eigenvalue weighted by Gasteiger charge is 2.20. The second kappa shape index (κ2) is 3.66. The molecule has 2 unspecified atom stereocenters. The van der Waals surface area contributed by atoms with E-state index in [0.29, 0.717) is 0 Å². The third kappa shape index (κ3) is 1.89. The molecule has 0 saturated heterocycles. The molecule has 0 aromatic rings. The Morgan fingerprint density at radius 2 is 2.55 bits per heavy atom. The third-order valence-electron chi connectivity index (χ3n) is 1.70. The van der Waals surface area contributed by atoms with Gasteiger partial charge in [-0.2, -0.15) is 0 Å². The van der Waals surface area contributed by atoms with E-state index in [0.717, 1.165) is 13.1 Å². The summed E-state index contributed by atoms with van der Waals surface area (Å²) in [6, 6.07) is 0. The zero-order valence-corrected chi connectivity index (χ0v) is 6.57. The van der Waals surface area contributed by atoms with Crippen molar-refractivity contribution in [1.29, 1.82) is 0 Å². The van der Waals surface area contributed by atoms with E-state index in [-0.39, 0.29) is 6.17 Å². The van der Waals surface area contributed by atoms with Gasteiger partial charge in [0.2, 0.25) is 0 Å². The number of nitrogens with zero attached hydrogens (tertiary/aromatic N) is 2. The normalized spacial score (nSPS) is 22.3. The van der Waals surface area contributed by atoms with Gasteiger partial charge in [0.1, 0.15) is 6.17 Å². The molecule has 0 radical (unpaired) electrons. The van der Waals surface area contributed by atoms with Crippen molar-refractivity contribution in [2.24, 2.45) is 10.8 Å². The summed E-state index contributed by atoms with van der Waals surface area (Å²) in [5.74, 6) is 5.24. The van der Waals surface area contributed by atoms with Crippen molar-refractivity contribution in [2.45, 2.75) is 19.2 Å². The maximum Gasteiger partial charge on any atom is 0.119 e. The predicted octanol–water partition coefficient (Wildman–Crippen LogP) is -1.50. The predicted molar refractivity (Wildman–Crippen MR) is 42.9 cm³/mol. The first-order valence-corrected chi connectivity index (χ1v) is 3.65. The number of rotatable bonds is 3. The average Bonchev–Trinajstić information content (AvgIpc) is 2.40. The number of nitrogens with one attached hydrogen (secondary N) is 1. The van der Waals surface area contributed by atoms with Gasteiger partial charge in [-0.1, -0.05) is 0 Å². The van der Waals surface area contributed by atoms with E-state index < -0.39 is 6.10 Å². The second-order valence-corrected chi connectivity index (χ2v) is 2.61. The minimum Gasteiger partial charge on any atom is -0.390 e. The zero-order chi connectivity index (χ0) is 8.27. The summed E-state index contributed by atoms with van der Waals surface area (Å²) in [6.07, 6.45) is 0.989. The molecule has 1 rings (SSSR count). The third-order valence-corrected chi connectivity index (χ3v) is 1.70. The van der Waals surface area contributed by atoms with Gasteiger partial charge in [0, 0.05) is 6.54 Å². The summed E-state index contributed by atoms with van der Waals surface area (Å²) < 4.78 is 0. The van der Waals surface area contributed by atoms with Crippen LogP contribution >= 0.6 is 0 Å². The molecule has 5 nitrogen and oxygen atoms in total. The molecule has 1 aliphatic heterocycles. The maximum absolute atomic E-state index is 9.23. The van der Waals surface area contributed by atoms with Gasteiger partial charge in [0.15, 0.2) is 0 Å². The smallest absolute Gasteiger partial charge is 0.119 e. The second-order valence-electron chi connectivity index (χ2n) is 2.61. The molecule has 64 valence electrons. The van der Waals surface area contributed by atoms with E-state index >= 15 is 0 Å². The minimum atomic E-state index is -0.496. The van der Waals surface area contributed by atoms with Gasteiger partial charge in [-0.05, 0) is 6.92 Å². The summed E-state index contributed by atoms with van der Waals surface area (Å²) in [6.45, 7) is 3.29. The Kier molecular flexibility index (Phi) is 2.81. The molecule has 0 amide bonds. The summed E-state index contributed by atoms with van der Waals surface area (Å²) >= 11 is 0. The Labute approximate surface area is 65.9 Å². The van der Waals surface area contributed by atoms with Crippen molar-refractivity contribution in [1.82, 2.24) is 10.3 Å². The molecule has 0 aliphatic carbocycles. The van der Waals surface area contributed by atoms with E-state index in [2.05, 4.69) is 10.4 Å². The van der Waals surface area contributed by atoms with E-state index in [1.54, 1.807) is 13.3 Å². The molecule has 5 heteroatoms. The molecule has 0 aromatic carbocycles. The molecule has 2 atom stereocenters. The Morgan fingerprint density at radius 1 is 1.82 bits per heavy atom. The van der Waals surface area contributed by atoms with Gasteiger partial charge in [0.25, 0.3) is 0 Å². The van der Waals surface area contributed by atoms with Gasteiger partial charge in [-0.15, -0.1) is 0 Å². The van der Waals surface area contributed by atoms with Crippen LogP contribution in [0.3, 0.4) is 0 Å². The van der Waals surface area contributed by atoms with Crippen LogP contribution in [0.2, 0.25) is 0 Å². The highest BCUT2D eigenvalue weighted by atomic mass is 16.3. The molecular weight excluding hydrogens is 144 g/mol. The summed E-state index contributed by atoms with van der Waals surface area (Å²) in [7, 11) is 0. The lowest BCUT2D eigenvalue weighted by molar-refractivity contribution is 0.0855. The highest BCUT2D eigenvalue weighted by molar-refractivity contribution is 5.57. The molecule has 0 saturated carbocycles. The van der Waals surface area contributed by atoms with Crippen molar-refractivity contribution in [3.8, 4) is 0 Å². The SMILES string of the molecule is CC(O)C(NN)N1C=NCC1. The quantitative estimate of drug-likeness (QED) is 0.345. The van der Waals surface area contributed by atoms with Crippen LogP contribution in [0.4, 0.5) is 0 Å². The number of nitrogens with two attached hydrogens (primary N) is 1. The lowest BCUT2D eigenvalue weighted by Gasteiger charge is -2.27. The lowest BCUT2D eigenvalue weighted by Crippen LogP contribution is -2.53. The highest BCUT2D eigenvalue weighted by Crippen LogP contribution is 2.01. The molecule has 11 heavy (non-hydrogen) atoms. The van der Waals surface area contributed by atoms with Crippen molar-refractivity contribution in [3.63, 3.8) is 0 Å². The number of aliphatic hydroxyl groups is 1. The van der Waals surface area contributed by atoms with Crippen LogP contribution in [-0.2, 0) is 0 Å². The largest absolute Gasteiger partial charge is 0.390 e. The van der Waals surface area contributed by atoms with Crippen molar-refractivity contribution in [2.75, 3.05) is 13.1 Å². The van der Waals surface area contributed by atoms with Gasteiger partial charge in [0.05, 0.1) is 19.0 Å². The summed E-state index contributed by atoms with van der Waals surface area (Å²) in [5.41, 5.74) is 2.53. The number of hydrogen-bond donors (Lipinski definition) is 3. The zero-order valence-electron chi connectivity index (χ0n) is 6.57. The molecule has 0 bridgehead atoms. The van der Waals surface area contributed by atoms with Crippen LogP contribution in [0.25, 0.3) is 0 Å². The van der Waals surface area contributed by atoms with E-state index in [1.807, 2.05) is 4.90 Å². The molecule has 1 heterocycles. The van der Waals surface area contributed by atoms with E-state index in [1.165, 1.54) is 0 Å². The van der Waals surface area contributed by atoms with Crippen LogP contribution in [0.5, 0.6) is 0 Å². The monoisotopic (exact) mass is 158 g/mol. The van der Waals surface area contributed by atoms with Crippen molar-refractivity contribution in [3.05, 3.63) is 0 Å². The van der Waals surface area contributed by atoms with Gasteiger partial charge < -0.3 is 10.0 Å². The first-order valence-electron chi connectivity index (χ1n) is 3.65. The Bertz CT molecular complexity index is 148. The first kappa shape index (κ1) is 8.45. The fourth-order valence-electron chi connectivity index (χ4n) is 1.12. The van der Waals surface area contributed by atoms with E-state index in [9.17, 15) is 5.11 Å².